The van der Waals surface area contributed by atoms with Gasteiger partial charge in [-0.25, -0.2) is 4.79 Å². The Bertz CT molecular complexity index is 672. The number of carbonyl (C=O) groups excluding carboxylic acids is 2. The SMILES string of the molecule is Cc1cc(C)cc(OCC(=O)O[C@@H](C)C(=O)c2ccccc2)c1. The van der Waals surface area contributed by atoms with Crippen LogP contribution in [0.2, 0.25) is 0 Å². The number of carbonyl (C=O) groups is 2. The Kier molecular flexibility index (Phi) is 5.52. The number of Topliss-reactive ketones (excluding diaryl/α,β-unsaturated/α-hetero) is 1. The summed E-state index contributed by atoms with van der Waals surface area (Å²) >= 11 is 0. The molecule has 0 fully saturated rings. The predicted octanol–water partition coefficient (Wildman–Crippen LogP) is 3.50. The fraction of sp³-hybridized carbons (Fsp3) is 0.263. The molecule has 0 aromatic heterocycles. The average molecular weight is 312 g/mol. The normalized spacial score (nSPS) is 11.6. The zero-order valence-electron chi connectivity index (χ0n) is 13.5. The Morgan fingerprint density at radius 2 is 1.61 bits per heavy atom. The molecule has 0 unspecified atom stereocenters. The Labute approximate surface area is 136 Å². The highest BCUT2D eigenvalue weighted by molar-refractivity contribution is 6.00. The van der Waals surface area contributed by atoms with E-state index < -0.39 is 12.1 Å². The van der Waals surface area contributed by atoms with Crippen LogP contribution in [0.25, 0.3) is 0 Å². The summed E-state index contributed by atoms with van der Waals surface area (Å²) in [5.74, 6) is -0.187. The standard InChI is InChI=1S/C19H20O4/c1-13-9-14(2)11-17(10-13)22-12-18(20)23-15(3)19(21)16-7-5-4-6-8-16/h4-11,15H,12H2,1-3H3/t15-/m0/s1. The fourth-order valence-corrected chi connectivity index (χ4v) is 2.28. The minimum absolute atomic E-state index is 0.227. The molecule has 0 aliphatic carbocycles. The lowest BCUT2D eigenvalue weighted by molar-refractivity contribution is -0.148. The summed E-state index contributed by atoms with van der Waals surface area (Å²) in [6, 6.07) is 14.5. The van der Waals surface area contributed by atoms with Gasteiger partial charge in [-0.1, -0.05) is 36.4 Å². The summed E-state index contributed by atoms with van der Waals surface area (Å²) < 4.78 is 10.6. The molecule has 2 aromatic carbocycles. The van der Waals surface area contributed by atoms with Crippen LogP contribution in [0.3, 0.4) is 0 Å². The molecule has 2 rings (SSSR count). The average Bonchev–Trinajstić information content (AvgIpc) is 2.52. The van der Waals surface area contributed by atoms with E-state index in [1.54, 1.807) is 31.2 Å². The fourth-order valence-electron chi connectivity index (χ4n) is 2.28. The number of ether oxygens (including phenoxy) is 2. The topological polar surface area (TPSA) is 52.6 Å². The van der Waals surface area contributed by atoms with Gasteiger partial charge in [0.05, 0.1) is 0 Å². The molecule has 0 aliphatic heterocycles. The smallest absolute Gasteiger partial charge is 0.344 e. The van der Waals surface area contributed by atoms with Crippen molar-refractivity contribution in [2.45, 2.75) is 26.9 Å². The first-order chi connectivity index (χ1) is 11.0. The summed E-state index contributed by atoms with van der Waals surface area (Å²) in [6.07, 6.45) is -0.840. The Morgan fingerprint density at radius 3 is 2.22 bits per heavy atom. The highest BCUT2D eigenvalue weighted by Crippen LogP contribution is 2.16. The maximum absolute atomic E-state index is 12.1. The molecule has 0 spiro atoms. The van der Waals surface area contributed by atoms with Crippen LogP contribution in [-0.4, -0.2) is 24.5 Å². The monoisotopic (exact) mass is 312 g/mol. The van der Waals surface area contributed by atoms with E-state index in [0.29, 0.717) is 11.3 Å². The molecule has 1 atom stereocenters. The van der Waals surface area contributed by atoms with Gasteiger partial charge in [-0.05, 0) is 44.0 Å². The van der Waals surface area contributed by atoms with Crippen molar-refractivity contribution in [1.82, 2.24) is 0 Å². The molecule has 0 amide bonds. The van der Waals surface area contributed by atoms with Gasteiger partial charge in [-0.15, -0.1) is 0 Å². The van der Waals surface area contributed by atoms with Gasteiger partial charge < -0.3 is 9.47 Å². The number of hydrogen-bond donors (Lipinski definition) is 0. The van der Waals surface area contributed by atoms with E-state index in [4.69, 9.17) is 9.47 Å². The lowest BCUT2D eigenvalue weighted by Crippen LogP contribution is -2.27. The van der Waals surface area contributed by atoms with Crippen molar-refractivity contribution in [1.29, 1.82) is 0 Å². The zero-order chi connectivity index (χ0) is 16.8. The van der Waals surface area contributed by atoms with Gasteiger partial charge in [0.15, 0.2) is 12.7 Å². The third-order valence-electron chi connectivity index (χ3n) is 3.29. The lowest BCUT2D eigenvalue weighted by atomic mass is 10.1. The maximum atomic E-state index is 12.1. The van der Waals surface area contributed by atoms with Crippen LogP contribution in [0.4, 0.5) is 0 Å². The van der Waals surface area contributed by atoms with Crippen molar-refractivity contribution in [3.63, 3.8) is 0 Å². The second kappa shape index (κ2) is 7.58. The number of ketones is 1. The van der Waals surface area contributed by atoms with Crippen LogP contribution in [0.1, 0.15) is 28.4 Å². The third kappa shape index (κ3) is 4.95. The lowest BCUT2D eigenvalue weighted by Gasteiger charge is -2.13. The van der Waals surface area contributed by atoms with Crippen molar-refractivity contribution in [3.05, 3.63) is 65.2 Å². The third-order valence-corrected chi connectivity index (χ3v) is 3.29. The summed E-state index contributed by atoms with van der Waals surface area (Å²) in [7, 11) is 0. The Hall–Kier alpha value is -2.62. The van der Waals surface area contributed by atoms with Gasteiger partial charge in [0.1, 0.15) is 5.75 Å². The second-order valence-corrected chi connectivity index (χ2v) is 5.47. The molecule has 0 aliphatic rings. The predicted molar refractivity (Wildman–Crippen MR) is 87.7 cm³/mol. The van der Waals surface area contributed by atoms with Crippen molar-refractivity contribution < 1.29 is 19.1 Å². The molecule has 2 aromatic rings. The molecule has 0 saturated carbocycles. The van der Waals surface area contributed by atoms with Crippen LogP contribution >= 0.6 is 0 Å². The Balaban J connectivity index is 1.88. The number of benzene rings is 2. The van der Waals surface area contributed by atoms with Crippen molar-refractivity contribution >= 4 is 11.8 Å². The highest BCUT2D eigenvalue weighted by Gasteiger charge is 2.19. The summed E-state index contributed by atoms with van der Waals surface area (Å²) in [5.41, 5.74) is 2.63. The number of aryl methyl sites for hydroxylation is 2. The van der Waals surface area contributed by atoms with Gasteiger partial charge >= 0.3 is 5.97 Å². The van der Waals surface area contributed by atoms with Gasteiger partial charge in [0.2, 0.25) is 5.78 Å². The van der Waals surface area contributed by atoms with Crippen molar-refractivity contribution in [2.24, 2.45) is 0 Å². The van der Waals surface area contributed by atoms with E-state index in [1.807, 2.05) is 38.1 Å². The first-order valence-electron chi connectivity index (χ1n) is 7.45. The maximum Gasteiger partial charge on any atom is 0.344 e. The summed E-state index contributed by atoms with van der Waals surface area (Å²) in [5, 5.41) is 0. The first kappa shape index (κ1) is 16.7. The first-order valence-corrected chi connectivity index (χ1v) is 7.45. The molecule has 0 radical (unpaired) electrons. The second-order valence-electron chi connectivity index (χ2n) is 5.47. The molecular weight excluding hydrogens is 292 g/mol. The van der Waals surface area contributed by atoms with E-state index >= 15 is 0 Å². The molecule has 23 heavy (non-hydrogen) atoms. The molecule has 0 N–H and O–H groups in total. The minimum atomic E-state index is -0.840. The van der Waals surface area contributed by atoms with Gasteiger partial charge in [0.25, 0.3) is 0 Å². The highest BCUT2D eigenvalue weighted by atomic mass is 16.6. The van der Waals surface area contributed by atoms with Crippen LogP contribution in [-0.2, 0) is 9.53 Å². The van der Waals surface area contributed by atoms with E-state index in [1.165, 1.54) is 0 Å². The largest absolute Gasteiger partial charge is 0.482 e. The molecule has 0 heterocycles. The molecular formula is C19H20O4. The van der Waals surface area contributed by atoms with Gasteiger partial charge in [0, 0.05) is 5.56 Å². The molecule has 4 nitrogen and oxygen atoms in total. The van der Waals surface area contributed by atoms with Gasteiger partial charge in [-0.2, -0.15) is 0 Å². The van der Waals surface area contributed by atoms with E-state index in [9.17, 15) is 9.59 Å². The summed E-state index contributed by atoms with van der Waals surface area (Å²) in [6.45, 7) is 5.25. The molecule has 120 valence electrons. The number of hydrogen-bond acceptors (Lipinski definition) is 4. The minimum Gasteiger partial charge on any atom is -0.482 e. The van der Waals surface area contributed by atoms with Crippen LogP contribution < -0.4 is 4.74 Å². The van der Waals surface area contributed by atoms with Crippen molar-refractivity contribution in [3.8, 4) is 5.75 Å². The molecule has 4 heteroatoms. The van der Waals surface area contributed by atoms with E-state index in [0.717, 1.165) is 11.1 Å². The van der Waals surface area contributed by atoms with Crippen LogP contribution in [0.15, 0.2) is 48.5 Å². The van der Waals surface area contributed by atoms with E-state index in [2.05, 4.69) is 0 Å². The van der Waals surface area contributed by atoms with Crippen molar-refractivity contribution in [2.75, 3.05) is 6.61 Å². The zero-order valence-corrected chi connectivity index (χ0v) is 13.5. The van der Waals surface area contributed by atoms with Crippen LogP contribution in [0, 0.1) is 13.8 Å². The Morgan fingerprint density at radius 1 is 1.00 bits per heavy atom. The number of rotatable bonds is 6. The quantitative estimate of drug-likeness (QED) is 0.605. The molecule has 0 bridgehead atoms. The van der Waals surface area contributed by atoms with Crippen LogP contribution in [0.5, 0.6) is 5.75 Å². The van der Waals surface area contributed by atoms with E-state index in [-0.39, 0.29) is 12.4 Å². The number of esters is 1. The summed E-state index contributed by atoms with van der Waals surface area (Å²) in [4.78, 5) is 24.0. The van der Waals surface area contributed by atoms with Gasteiger partial charge in [-0.3, -0.25) is 4.79 Å². The molecule has 0 saturated heterocycles.